The van der Waals surface area contributed by atoms with Crippen molar-refractivity contribution in [1.82, 2.24) is 0 Å². The molecule has 0 aromatic heterocycles. The maximum atomic E-state index is 14.1. The summed E-state index contributed by atoms with van der Waals surface area (Å²) in [5.74, 6) is -5.51. The van der Waals surface area contributed by atoms with Gasteiger partial charge < -0.3 is 4.74 Å². The number of ether oxygens (including phenoxy) is 1. The predicted octanol–water partition coefficient (Wildman–Crippen LogP) is 8.80. The van der Waals surface area contributed by atoms with Gasteiger partial charge in [0.15, 0.2) is 5.76 Å². The number of rotatable bonds is 8. The Morgan fingerprint density at radius 3 is 1.47 bits per heavy atom. The molecule has 3 aliphatic rings. The third-order valence-corrected chi connectivity index (χ3v) is 8.88. The minimum absolute atomic E-state index is 0.0419. The van der Waals surface area contributed by atoms with E-state index in [1.165, 1.54) is 51.4 Å². The second kappa shape index (κ2) is 10.5. The molecule has 0 N–H and O–H groups in total. The molecule has 0 heterocycles. The fourth-order valence-electron chi connectivity index (χ4n) is 6.42. The summed E-state index contributed by atoms with van der Waals surface area (Å²) in [6.07, 6.45) is 15.1. The molecule has 0 aliphatic heterocycles. The lowest BCUT2D eigenvalue weighted by atomic mass is 9.65. The summed E-state index contributed by atoms with van der Waals surface area (Å²) in [7, 11) is 0. The van der Waals surface area contributed by atoms with E-state index >= 15 is 0 Å². The van der Waals surface area contributed by atoms with Crippen molar-refractivity contribution >= 4 is 0 Å². The molecule has 5 heteroatoms. The van der Waals surface area contributed by atoms with Crippen LogP contribution in [0.3, 0.4) is 0 Å². The molecule has 32 heavy (non-hydrogen) atoms. The van der Waals surface area contributed by atoms with Crippen LogP contribution in [0.1, 0.15) is 90.9 Å². The average molecular weight is 459 g/mol. The van der Waals surface area contributed by atoms with Crippen LogP contribution in [-0.4, -0.2) is 18.5 Å². The standard InChI is InChI=1S/C27H42F4O/c1-18(2)26(28,29)27(30,31)20(4)32-17-21-7-11-23(12-8-21)25-15-13-24(14-16-25)22-9-5-19(3)6-10-22/h19,21-25H,1,4-17H2,2-3H3. The van der Waals surface area contributed by atoms with Crippen LogP contribution >= 0.6 is 0 Å². The monoisotopic (exact) mass is 458 g/mol. The van der Waals surface area contributed by atoms with Crippen molar-refractivity contribution in [1.29, 1.82) is 0 Å². The van der Waals surface area contributed by atoms with Gasteiger partial charge in [-0.05, 0) is 112 Å². The first-order valence-corrected chi connectivity index (χ1v) is 12.8. The Bertz CT molecular complexity index is 634. The van der Waals surface area contributed by atoms with Gasteiger partial charge in [-0.15, -0.1) is 0 Å². The number of allylic oxidation sites excluding steroid dienone is 2. The van der Waals surface area contributed by atoms with Crippen LogP contribution in [0.15, 0.2) is 24.5 Å². The van der Waals surface area contributed by atoms with Crippen molar-refractivity contribution in [3.05, 3.63) is 24.5 Å². The number of alkyl halides is 4. The second-order valence-electron chi connectivity index (χ2n) is 11.1. The Labute approximate surface area is 192 Å². The molecule has 184 valence electrons. The summed E-state index contributed by atoms with van der Waals surface area (Å²) in [5, 5.41) is 0. The minimum Gasteiger partial charge on any atom is -0.492 e. The zero-order chi connectivity index (χ0) is 23.5. The molecule has 3 fully saturated rings. The Balaban J connectivity index is 1.38. The van der Waals surface area contributed by atoms with Gasteiger partial charge in [-0.25, -0.2) is 0 Å². The molecule has 0 unspecified atom stereocenters. The first-order chi connectivity index (χ1) is 15.0. The Morgan fingerprint density at radius 2 is 1.06 bits per heavy atom. The van der Waals surface area contributed by atoms with Crippen molar-refractivity contribution in [3.8, 4) is 0 Å². The largest absolute Gasteiger partial charge is 0.492 e. The normalized spacial score (nSPS) is 34.7. The molecular formula is C27H42F4O. The molecule has 3 saturated carbocycles. The molecule has 3 rings (SSSR count). The van der Waals surface area contributed by atoms with Crippen LogP contribution in [0.2, 0.25) is 0 Å². The lowest BCUT2D eigenvalue weighted by Gasteiger charge is -2.41. The number of hydrogen-bond acceptors (Lipinski definition) is 1. The predicted molar refractivity (Wildman–Crippen MR) is 122 cm³/mol. The van der Waals surface area contributed by atoms with Crippen LogP contribution in [0.25, 0.3) is 0 Å². The van der Waals surface area contributed by atoms with Gasteiger partial charge in [0.05, 0.1) is 6.61 Å². The topological polar surface area (TPSA) is 9.23 Å². The van der Waals surface area contributed by atoms with Gasteiger partial charge in [-0.3, -0.25) is 0 Å². The number of halogens is 4. The van der Waals surface area contributed by atoms with Crippen LogP contribution in [0, 0.1) is 35.5 Å². The van der Waals surface area contributed by atoms with Gasteiger partial charge in [0.25, 0.3) is 0 Å². The molecule has 3 aliphatic carbocycles. The summed E-state index contributed by atoms with van der Waals surface area (Å²) >= 11 is 0. The maximum Gasteiger partial charge on any atom is 0.369 e. The molecular weight excluding hydrogens is 416 g/mol. The summed E-state index contributed by atoms with van der Waals surface area (Å²) in [6.45, 7) is 9.41. The van der Waals surface area contributed by atoms with Crippen molar-refractivity contribution in [2.45, 2.75) is 103 Å². The van der Waals surface area contributed by atoms with Crippen molar-refractivity contribution in [2.24, 2.45) is 35.5 Å². The van der Waals surface area contributed by atoms with E-state index in [1.54, 1.807) is 0 Å². The van der Waals surface area contributed by atoms with E-state index in [9.17, 15) is 17.6 Å². The van der Waals surface area contributed by atoms with Crippen LogP contribution < -0.4 is 0 Å². The molecule has 1 nitrogen and oxygen atoms in total. The van der Waals surface area contributed by atoms with E-state index in [0.29, 0.717) is 0 Å². The van der Waals surface area contributed by atoms with Gasteiger partial charge in [-0.2, -0.15) is 17.6 Å². The zero-order valence-electron chi connectivity index (χ0n) is 20.0. The molecule has 0 radical (unpaired) electrons. The number of hydrogen-bond donors (Lipinski definition) is 0. The van der Waals surface area contributed by atoms with Crippen LogP contribution in [-0.2, 0) is 4.74 Å². The Hall–Kier alpha value is -1.00. The van der Waals surface area contributed by atoms with Crippen LogP contribution in [0.4, 0.5) is 17.6 Å². The van der Waals surface area contributed by atoms with Gasteiger partial charge in [0, 0.05) is 0 Å². The highest BCUT2D eigenvalue weighted by atomic mass is 19.3. The van der Waals surface area contributed by atoms with Gasteiger partial charge in [0.2, 0.25) is 0 Å². The SMILES string of the molecule is C=C(C)C(F)(F)C(F)(F)C(=C)OCC1CCC(C2CCC(C3CCC(C)CC3)CC2)CC1. The Kier molecular flexibility index (Phi) is 8.41. The molecule has 0 aromatic rings. The molecule has 0 atom stereocenters. The fourth-order valence-corrected chi connectivity index (χ4v) is 6.42. The van der Waals surface area contributed by atoms with E-state index < -0.39 is 23.2 Å². The summed E-state index contributed by atoms with van der Waals surface area (Å²) in [5.41, 5.74) is -0.888. The molecule has 0 aromatic carbocycles. The van der Waals surface area contributed by atoms with E-state index in [4.69, 9.17) is 4.74 Å². The van der Waals surface area contributed by atoms with Gasteiger partial charge in [0.1, 0.15) is 0 Å². The first-order valence-electron chi connectivity index (χ1n) is 12.8. The minimum atomic E-state index is -4.44. The third-order valence-electron chi connectivity index (χ3n) is 8.88. The van der Waals surface area contributed by atoms with Crippen LogP contribution in [0.5, 0.6) is 0 Å². The van der Waals surface area contributed by atoms with E-state index in [0.717, 1.165) is 62.2 Å². The maximum absolute atomic E-state index is 14.1. The Morgan fingerprint density at radius 1 is 0.688 bits per heavy atom. The summed E-state index contributed by atoms with van der Waals surface area (Å²) in [6, 6.07) is 0. The smallest absolute Gasteiger partial charge is 0.369 e. The average Bonchev–Trinajstić information content (AvgIpc) is 2.78. The molecule has 0 spiro atoms. The van der Waals surface area contributed by atoms with Crippen molar-refractivity contribution in [3.63, 3.8) is 0 Å². The molecule has 0 saturated heterocycles. The fraction of sp³-hybridized carbons (Fsp3) is 0.852. The van der Waals surface area contributed by atoms with E-state index in [2.05, 4.69) is 20.1 Å². The summed E-state index contributed by atoms with van der Waals surface area (Å²) in [4.78, 5) is 0. The van der Waals surface area contributed by atoms with E-state index in [-0.39, 0.29) is 12.5 Å². The lowest BCUT2D eigenvalue weighted by molar-refractivity contribution is -0.184. The third kappa shape index (κ3) is 5.73. The highest BCUT2D eigenvalue weighted by Gasteiger charge is 2.60. The van der Waals surface area contributed by atoms with Gasteiger partial charge >= 0.3 is 11.8 Å². The highest BCUT2D eigenvalue weighted by Crippen LogP contribution is 2.47. The quantitative estimate of drug-likeness (QED) is 0.201. The second-order valence-corrected chi connectivity index (χ2v) is 11.1. The lowest BCUT2D eigenvalue weighted by Crippen LogP contribution is -2.43. The van der Waals surface area contributed by atoms with Crippen molar-refractivity contribution in [2.75, 3.05) is 6.61 Å². The molecule has 0 bridgehead atoms. The summed E-state index contributed by atoms with van der Waals surface area (Å²) < 4.78 is 60.7. The first kappa shape index (κ1) is 25.6. The van der Waals surface area contributed by atoms with Gasteiger partial charge in [-0.1, -0.05) is 32.9 Å². The highest BCUT2D eigenvalue weighted by molar-refractivity contribution is 5.19. The molecule has 0 amide bonds. The van der Waals surface area contributed by atoms with E-state index in [1.807, 2.05) is 0 Å². The van der Waals surface area contributed by atoms with Crippen molar-refractivity contribution < 1.29 is 22.3 Å². The zero-order valence-corrected chi connectivity index (χ0v) is 20.0.